The fraction of sp³-hybridized carbons (Fsp3) is 0.875. The van der Waals surface area contributed by atoms with Crippen LogP contribution in [0.2, 0.25) is 0 Å². The molecule has 1 aliphatic carbocycles. The van der Waals surface area contributed by atoms with Crippen LogP contribution in [0, 0.1) is 0 Å². The Morgan fingerprint density at radius 2 is 2.20 bits per heavy atom. The Kier molecular flexibility index (Phi) is 3.25. The van der Waals surface area contributed by atoms with Crippen LogP contribution >= 0.6 is 0 Å². The lowest BCUT2D eigenvalue weighted by Gasteiger charge is -2.18. The van der Waals surface area contributed by atoms with E-state index in [-0.39, 0.29) is 19.3 Å². The number of carboxylic acids is 1. The predicted molar refractivity (Wildman–Crippen MR) is 44.2 cm³/mol. The minimum absolute atomic E-state index is 0.0710. The van der Waals surface area contributed by atoms with Gasteiger partial charge < -0.3 is 15.6 Å². The van der Waals surface area contributed by atoms with E-state index in [1.807, 2.05) is 0 Å². The van der Waals surface area contributed by atoms with Crippen molar-refractivity contribution in [2.75, 3.05) is 6.61 Å². The molecule has 0 radical (unpaired) electrons. The van der Waals surface area contributed by atoms with Crippen LogP contribution in [0.4, 0.5) is 13.2 Å². The zero-order valence-electron chi connectivity index (χ0n) is 7.88. The summed E-state index contributed by atoms with van der Waals surface area (Å²) in [5.74, 6) is -1.19. The van der Waals surface area contributed by atoms with Gasteiger partial charge in [-0.05, 0) is 12.8 Å². The molecule has 0 heterocycles. The van der Waals surface area contributed by atoms with Gasteiger partial charge in [-0.15, -0.1) is 0 Å². The summed E-state index contributed by atoms with van der Waals surface area (Å²) in [5, 5.41) is 8.72. The monoisotopic (exact) mass is 227 g/mol. The van der Waals surface area contributed by atoms with E-state index < -0.39 is 30.4 Å². The number of nitrogens with two attached hydrogens (primary N) is 1. The summed E-state index contributed by atoms with van der Waals surface area (Å²) in [6.07, 6.45) is -4.78. The Morgan fingerprint density at radius 3 is 2.60 bits per heavy atom. The number of hydrogen-bond donors (Lipinski definition) is 2. The standard InChI is InChI=1S/C8H12F3NO3/c9-8(10,11)4-15-5-1-2-7(12,3-5)6(13)14/h5H,1-4,12H2,(H,13,14). The van der Waals surface area contributed by atoms with Crippen LogP contribution < -0.4 is 5.73 Å². The molecular formula is C8H12F3NO3. The van der Waals surface area contributed by atoms with Crippen LogP contribution in [0.3, 0.4) is 0 Å². The van der Waals surface area contributed by atoms with E-state index in [1.54, 1.807) is 0 Å². The van der Waals surface area contributed by atoms with Crippen molar-refractivity contribution in [3.63, 3.8) is 0 Å². The topological polar surface area (TPSA) is 72.6 Å². The molecule has 0 aliphatic heterocycles. The number of carboxylic acid groups (broad SMARTS) is 1. The molecule has 0 saturated heterocycles. The summed E-state index contributed by atoms with van der Waals surface area (Å²) in [4.78, 5) is 10.7. The SMILES string of the molecule is NC1(C(=O)O)CCC(OCC(F)(F)F)C1. The van der Waals surface area contributed by atoms with Gasteiger partial charge in [0.2, 0.25) is 0 Å². The Bertz CT molecular complexity index is 256. The molecule has 0 aromatic heterocycles. The van der Waals surface area contributed by atoms with E-state index in [4.69, 9.17) is 10.8 Å². The average Bonchev–Trinajstić information content (AvgIpc) is 2.44. The lowest BCUT2D eigenvalue weighted by molar-refractivity contribution is -0.185. The minimum atomic E-state index is -4.39. The van der Waals surface area contributed by atoms with Crippen LogP contribution in [-0.2, 0) is 9.53 Å². The molecule has 1 aliphatic rings. The zero-order chi connectivity index (χ0) is 11.7. The molecule has 88 valence electrons. The van der Waals surface area contributed by atoms with Crippen LogP contribution in [0.5, 0.6) is 0 Å². The van der Waals surface area contributed by atoms with Crippen LogP contribution in [0.25, 0.3) is 0 Å². The Balaban J connectivity index is 2.41. The summed E-state index contributed by atoms with van der Waals surface area (Å²) in [6, 6.07) is 0. The van der Waals surface area contributed by atoms with Crippen molar-refractivity contribution in [2.45, 2.75) is 37.1 Å². The Hall–Kier alpha value is -0.820. The largest absolute Gasteiger partial charge is 0.480 e. The van der Waals surface area contributed by atoms with Gasteiger partial charge in [0.05, 0.1) is 6.10 Å². The summed E-state index contributed by atoms with van der Waals surface area (Å²) in [6.45, 7) is -1.35. The van der Waals surface area contributed by atoms with Crippen LogP contribution in [-0.4, -0.2) is 35.5 Å². The first-order valence-electron chi connectivity index (χ1n) is 4.43. The van der Waals surface area contributed by atoms with Gasteiger partial charge in [0, 0.05) is 6.42 Å². The molecule has 2 unspecified atom stereocenters. The first-order valence-corrected chi connectivity index (χ1v) is 4.43. The number of carbonyl (C=O) groups is 1. The first-order chi connectivity index (χ1) is 6.73. The van der Waals surface area contributed by atoms with Gasteiger partial charge in [0.15, 0.2) is 0 Å². The van der Waals surface area contributed by atoms with Crippen molar-refractivity contribution in [3.05, 3.63) is 0 Å². The lowest BCUT2D eigenvalue weighted by atomic mass is 10.00. The molecule has 1 saturated carbocycles. The molecule has 0 aromatic carbocycles. The molecule has 0 aromatic rings. The minimum Gasteiger partial charge on any atom is -0.480 e. The third-order valence-corrected chi connectivity index (χ3v) is 2.41. The molecule has 0 bridgehead atoms. The number of alkyl halides is 3. The van der Waals surface area contributed by atoms with E-state index in [1.165, 1.54) is 0 Å². The second-order valence-corrected chi connectivity index (χ2v) is 3.75. The normalized spacial score (nSPS) is 31.9. The molecule has 2 atom stereocenters. The summed E-state index contributed by atoms with van der Waals surface area (Å²) in [7, 11) is 0. The molecule has 0 amide bonds. The highest BCUT2D eigenvalue weighted by Crippen LogP contribution is 2.31. The molecule has 1 fully saturated rings. The van der Waals surface area contributed by atoms with E-state index in [9.17, 15) is 18.0 Å². The van der Waals surface area contributed by atoms with Gasteiger partial charge in [0.1, 0.15) is 12.1 Å². The quantitative estimate of drug-likeness (QED) is 0.751. The van der Waals surface area contributed by atoms with Gasteiger partial charge in [0.25, 0.3) is 0 Å². The number of halogens is 3. The molecule has 1 rings (SSSR count). The maximum atomic E-state index is 11.8. The fourth-order valence-corrected chi connectivity index (χ4v) is 1.58. The summed E-state index contributed by atoms with van der Waals surface area (Å²) in [5.41, 5.74) is 4.04. The number of aliphatic carboxylic acids is 1. The molecular weight excluding hydrogens is 215 g/mol. The van der Waals surface area contributed by atoms with Crippen molar-refractivity contribution >= 4 is 5.97 Å². The lowest BCUT2D eigenvalue weighted by Crippen LogP contribution is -2.46. The average molecular weight is 227 g/mol. The molecule has 15 heavy (non-hydrogen) atoms. The second-order valence-electron chi connectivity index (χ2n) is 3.75. The van der Waals surface area contributed by atoms with Crippen LogP contribution in [0.1, 0.15) is 19.3 Å². The van der Waals surface area contributed by atoms with Gasteiger partial charge in [-0.2, -0.15) is 13.2 Å². The fourth-order valence-electron chi connectivity index (χ4n) is 1.58. The third-order valence-electron chi connectivity index (χ3n) is 2.41. The Morgan fingerprint density at radius 1 is 1.60 bits per heavy atom. The highest BCUT2D eigenvalue weighted by Gasteiger charge is 2.43. The molecule has 7 heteroatoms. The van der Waals surface area contributed by atoms with Gasteiger partial charge in [-0.1, -0.05) is 0 Å². The summed E-state index contributed by atoms with van der Waals surface area (Å²) >= 11 is 0. The smallest absolute Gasteiger partial charge is 0.411 e. The molecule has 3 N–H and O–H groups in total. The van der Waals surface area contributed by atoms with Crippen molar-refractivity contribution in [3.8, 4) is 0 Å². The van der Waals surface area contributed by atoms with Crippen molar-refractivity contribution in [2.24, 2.45) is 5.73 Å². The van der Waals surface area contributed by atoms with Gasteiger partial charge in [-0.3, -0.25) is 4.79 Å². The highest BCUT2D eigenvalue weighted by molar-refractivity contribution is 5.78. The van der Waals surface area contributed by atoms with Crippen molar-refractivity contribution in [1.29, 1.82) is 0 Å². The summed E-state index contributed by atoms with van der Waals surface area (Å²) < 4.78 is 39.9. The highest BCUT2D eigenvalue weighted by atomic mass is 19.4. The van der Waals surface area contributed by atoms with Crippen molar-refractivity contribution < 1.29 is 27.8 Å². The number of rotatable bonds is 3. The van der Waals surface area contributed by atoms with E-state index >= 15 is 0 Å². The maximum absolute atomic E-state index is 11.8. The van der Waals surface area contributed by atoms with E-state index in [2.05, 4.69) is 4.74 Å². The molecule has 4 nitrogen and oxygen atoms in total. The Labute approximate surface area is 84.2 Å². The number of ether oxygens (including phenoxy) is 1. The third kappa shape index (κ3) is 3.35. The van der Waals surface area contributed by atoms with E-state index in [0.717, 1.165) is 0 Å². The second kappa shape index (κ2) is 3.97. The van der Waals surface area contributed by atoms with Crippen molar-refractivity contribution in [1.82, 2.24) is 0 Å². The first kappa shape index (κ1) is 12.3. The molecule has 0 spiro atoms. The van der Waals surface area contributed by atoms with Gasteiger partial charge >= 0.3 is 12.1 Å². The number of hydrogen-bond acceptors (Lipinski definition) is 3. The maximum Gasteiger partial charge on any atom is 0.411 e. The van der Waals surface area contributed by atoms with Gasteiger partial charge in [-0.25, -0.2) is 0 Å². The predicted octanol–water partition coefficient (Wildman–Crippen LogP) is 0.900. The zero-order valence-corrected chi connectivity index (χ0v) is 7.88. The van der Waals surface area contributed by atoms with E-state index in [0.29, 0.717) is 0 Å². The van der Waals surface area contributed by atoms with Crippen LogP contribution in [0.15, 0.2) is 0 Å².